The maximum absolute atomic E-state index is 12.5. The molecule has 1 amide bonds. The summed E-state index contributed by atoms with van der Waals surface area (Å²) in [5.41, 5.74) is 0.520. The van der Waals surface area contributed by atoms with E-state index in [2.05, 4.69) is 4.98 Å². The molecule has 0 radical (unpaired) electrons. The predicted molar refractivity (Wildman–Crippen MR) is 103 cm³/mol. The molecule has 0 unspecified atom stereocenters. The molecule has 0 aromatic carbocycles. The van der Waals surface area contributed by atoms with Crippen molar-refractivity contribution >= 4 is 38.4 Å². The average Bonchev–Trinajstić information content (AvgIpc) is 3.25. The van der Waals surface area contributed by atoms with Crippen LogP contribution in [0.2, 0.25) is 0 Å². The molecule has 1 atom stereocenters. The average molecular weight is 399 g/mol. The topological polar surface area (TPSA) is 67.3 Å². The van der Waals surface area contributed by atoms with Gasteiger partial charge in [0, 0.05) is 18.0 Å². The Hall–Kier alpha value is -1.25. The Bertz CT molecular complexity index is 812. The predicted octanol–water partition coefficient (Wildman–Crippen LogP) is 3.58. The van der Waals surface area contributed by atoms with E-state index in [1.807, 2.05) is 24.4 Å². The number of sulfone groups is 1. The van der Waals surface area contributed by atoms with Gasteiger partial charge in [-0.25, -0.2) is 13.4 Å². The molecule has 1 aliphatic heterocycles. The van der Waals surface area contributed by atoms with E-state index in [4.69, 9.17) is 0 Å². The number of thiophene rings is 1. The summed E-state index contributed by atoms with van der Waals surface area (Å²) < 4.78 is 24.9. The van der Waals surface area contributed by atoms with Crippen molar-refractivity contribution in [3.63, 3.8) is 0 Å². The van der Waals surface area contributed by atoms with Gasteiger partial charge in [-0.2, -0.15) is 0 Å². The lowest BCUT2D eigenvalue weighted by Crippen LogP contribution is -2.45. The Labute approximate surface area is 156 Å². The molecule has 3 rings (SSSR count). The number of carbonyl (C=O) groups excluding carboxylic acids is 1. The second-order valence-electron chi connectivity index (χ2n) is 6.30. The van der Waals surface area contributed by atoms with Crippen LogP contribution in [0, 0.1) is 0 Å². The highest BCUT2D eigenvalue weighted by molar-refractivity contribution is 7.91. The number of rotatable bonds is 6. The summed E-state index contributed by atoms with van der Waals surface area (Å²) in [6, 6.07) is 4.09. The van der Waals surface area contributed by atoms with Crippen LogP contribution in [0.15, 0.2) is 22.9 Å². The van der Waals surface area contributed by atoms with Gasteiger partial charge in [-0.1, -0.05) is 13.0 Å². The Kier molecular flexibility index (Phi) is 5.91. The molecule has 2 aromatic rings. The number of hydrogen-bond donors (Lipinski definition) is 0. The van der Waals surface area contributed by atoms with Gasteiger partial charge in [-0.05, 0) is 37.1 Å². The maximum Gasteiger partial charge on any atom is 0.238 e. The first-order chi connectivity index (χ1) is 12.0. The SMILES string of the molecule is CC[C@@H]1CCCCN1C(=O)CS(=O)(=O)Cc1csc(-c2cccs2)n1. The zero-order chi connectivity index (χ0) is 17.9. The van der Waals surface area contributed by atoms with E-state index in [-0.39, 0.29) is 17.7 Å². The number of likely N-dealkylation sites (tertiary alicyclic amines) is 1. The zero-order valence-corrected chi connectivity index (χ0v) is 16.6. The monoisotopic (exact) mass is 398 g/mol. The number of amides is 1. The molecule has 0 spiro atoms. The summed E-state index contributed by atoms with van der Waals surface area (Å²) in [4.78, 5) is 19.7. The van der Waals surface area contributed by atoms with Gasteiger partial charge in [0.25, 0.3) is 0 Å². The quantitative estimate of drug-likeness (QED) is 0.746. The number of piperidine rings is 1. The summed E-state index contributed by atoms with van der Waals surface area (Å²) in [6.45, 7) is 2.72. The van der Waals surface area contributed by atoms with E-state index in [1.165, 1.54) is 11.3 Å². The molecule has 0 N–H and O–H groups in total. The fraction of sp³-hybridized carbons (Fsp3) is 0.529. The molecule has 1 aliphatic rings. The Morgan fingerprint density at radius 1 is 1.36 bits per heavy atom. The van der Waals surface area contributed by atoms with E-state index in [0.29, 0.717) is 12.2 Å². The van der Waals surface area contributed by atoms with E-state index in [1.54, 1.807) is 21.6 Å². The molecule has 1 fully saturated rings. The molecule has 8 heteroatoms. The fourth-order valence-corrected chi connectivity index (χ4v) is 6.17. The van der Waals surface area contributed by atoms with Crippen LogP contribution in [0.1, 0.15) is 38.3 Å². The summed E-state index contributed by atoms with van der Waals surface area (Å²) >= 11 is 3.02. The largest absolute Gasteiger partial charge is 0.339 e. The highest BCUT2D eigenvalue weighted by atomic mass is 32.2. The molecular formula is C17H22N2O3S3. The van der Waals surface area contributed by atoms with E-state index >= 15 is 0 Å². The smallest absolute Gasteiger partial charge is 0.238 e. The normalized spacial score (nSPS) is 18.4. The van der Waals surface area contributed by atoms with Crippen LogP contribution < -0.4 is 0 Å². The van der Waals surface area contributed by atoms with Gasteiger partial charge in [0.05, 0.1) is 16.3 Å². The van der Waals surface area contributed by atoms with Crippen LogP contribution in [-0.4, -0.2) is 42.5 Å². The Balaban J connectivity index is 1.65. The Morgan fingerprint density at radius 3 is 2.92 bits per heavy atom. The van der Waals surface area contributed by atoms with Crippen molar-refractivity contribution in [1.82, 2.24) is 9.88 Å². The lowest BCUT2D eigenvalue weighted by atomic mass is 10.0. The number of hydrogen-bond acceptors (Lipinski definition) is 6. The lowest BCUT2D eigenvalue weighted by molar-refractivity contribution is -0.132. The van der Waals surface area contributed by atoms with Crippen molar-refractivity contribution in [2.45, 2.75) is 44.4 Å². The molecule has 25 heavy (non-hydrogen) atoms. The van der Waals surface area contributed by atoms with Crippen LogP contribution >= 0.6 is 22.7 Å². The first kappa shape index (κ1) is 18.5. The first-order valence-corrected chi connectivity index (χ1v) is 12.0. The van der Waals surface area contributed by atoms with Crippen LogP contribution in [0.3, 0.4) is 0 Å². The highest BCUT2D eigenvalue weighted by Crippen LogP contribution is 2.28. The lowest BCUT2D eigenvalue weighted by Gasteiger charge is -2.35. The molecule has 0 bridgehead atoms. The molecule has 0 saturated carbocycles. The molecule has 2 aromatic heterocycles. The van der Waals surface area contributed by atoms with Crippen molar-refractivity contribution in [2.75, 3.05) is 12.3 Å². The fourth-order valence-electron chi connectivity index (χ4n) is 3.19. The minimum absolute atomic E-state index is 0.175. The minimum Gasteiger partial charge on any atom is -0.339 e. The molecule has 1 saturated heterocycles. The third-order valence-electron chi connectivity index (χ3n) is 4.41. The zero-order valence-electron chi connectivity index (χ0n) is 14.2. The molecule has 5 nitrogen and oxygen atoms in total. The van der Waals surface area contributed by atoms with E-state index < -0.39 is 15.6 Å². The molecular weight excluding hydrogens is 376 g/mol. The number of aromatic nitrogens is 1. The van der Waals surface area contributed by atoms with Gasteiger partial charge in [-0.15, -0.1) is 22.7 Å². The summed E-state index contributed by atoms with van der Waals surface area (Å²) in [7, 11) is -3.51. The van der Waals surface area contributed by atoms with Gasteiger partial charge in [0.15, 0.2) is 9.84 Å². The summed E-state index contributed by atoms with van der Waals surface area (Å²) in [5, 5.41) is 4.56. The van der Waals surface area contributed by atoms with Gasteiger partial charge >= 0.3 is 0 Å². The van der Waals surface area contributed by atoms with Crippen molar-refractivity contribution in [2.24, 2.45) is 0 Å². The van der Waals surface area contributed by atoms with Crippen molar-refractivity contribution < 1.29 is 13.2 Å². The standard InChI is InChI=1S/C17H22N2O3S3/c1-2-14-6-3-4-8-19(14)16(20)12-25(21,22)11-13-10-24-17(18-13)15-7-5-9-23-15/h5,7,9-10,14H,2-4,6,8,11-12H2,1H3/t14-/m1/s1. The maximum atomic E-state index is 12.5. The van der Waals surface area contributed by atoms with Crippen molar-refractivity contribution in [3.8, 4) is 9.88 Å². The second kappa shape index (κ2) is 7.97. The minimum atomic E-state index is -3.51. The summed E-state index contributed by atoms with van der Waals surface area (Å²) in [6.07, 6.45) is 3.92. The van der Waals surface area contributed by atoms with E-state index in [9.17, 15) is 13.2 Å². The molecule has 3 heterocycles. The van der Waals surface area contributed by atoms with Crippen LogP contribution in [-0.2, 0) is 20.4 Å². The van der Waals surface area contributed by atoms with Gasteiger partial charge in [-0.3, -0.25) is 4.79 Å². The molecule has 136 valence electrons. The molecule has 0 aliphatic carbocycles. The number of nitrogens with zero attached hydrogens (tertiary/aromatic N) is 2. The van der Waals surface area contributed by atoms with Gasteiger partial charge in [0.1, 0.15) is 10.8 Å². The van der Waals surface area contributed by atoms with Crippen molar-refractivity contribution in [1.29, 1.82) is 0 Å². The second-order valence-corrected chi connectivity index (χ2v) is 10.2. The van der Waals surface area contributed by atoms with Crippen LogP contribution in [0.5, 0.6) is 0 Å². The van der Waals surface area contributed by atoms with Crippen LogP contribution in [0.4, 0.5) is 0 Å². The van der Waals surface area contributed by atoms with Gasteiger partial charge in [0.2, 0.25) is 5.91 Å². The van der Waals surface area contributed by atoms with Crippen LogP contribution in [0.25, 0.3) is 9.88 Å². The van der Waals surface area contributed by atoms with Crippen molar-refractivity contribution in [3.05, 3.63) is 28.6 Å². The number of thiazole rings is 1. The Morgan fingerprint density at radius 2 is 2.20 bits per heavy atom. The third kappa shape index (κ3) is 4.68. The number of carbonyl (C=O) groups is 1. The van der Waals surface area contributed by atoms with E-state index in [0.717, 1.165) is 35.6 Å². The third-order valence-corrected chi connectivity index (χ3v) is 7.77. The first-order valence-electron chi connectivity index (χ1n) is 8.46. The summed E-state index contributed by atoms with van der Waals surface area (Å²) in [5.74, 6) is -0.860. The highest BCUT2D eigenvalue weighted by Gasteiger charge is 2.29. The van der Waals surface area contributed by atoms with Gasteiger partial charge < -0.3 is 4.90 Å².